The van der Waals surface area contributed by atoms with E-state index in [0.29, 0.717) is 16.4 Å². The van der Waals surface area contributed by atoms with E-state index in [2.05, 4.69) is 15.6 Å². The van der Waals surface area contributed by atoms with Crippen molar-refractivity contribution < 1.29 is 9.72 Å². The Labute approximate surface area is 147 Å². The summed E-state index contributed by atoms with van der Waals surface area (Å²) in [6.07, 6.45) is 0. The maximum absolute atomic E-state index is 11.9. The molecule has 0 fully saturated rings. The first-order chi connectivity index (χ1) is 12.1. The number of aromatic nitrogens is 1. The molecular formula is C17H14N4O3S. The normalized spacial score (nSPS) is 10.2. The predicted molar refractivity (Wildman–Crippen MR) is 97.8 cm³/mol. The van der Waals surface area contributed by atoms with Crippen molar-refractivity contribution in [3.8, 4) is 11.3 Å². The van der Waals surface area contributed by atoms with Crippen LogP contribution in [-0.4, -0.2) is 22.4 Å². The highest BCUT2D eigenvalue weighted by molar-refractivity contribution is 7.14. The molecule has 2 aromatic carbocycles. The van der Waals surface area contributed by atoms with Crippen molar-refractivity contribution in [2.75, 3.05) is 17.2 Å². The van der Waals surface area contributed by atoms with Crippen LogP contribution in [0.2, 0.25) is 0 Å². The molecule has 0 bridgehead atoms. The molecule has 25 heavy (non-hydrogen) atoms. The van der Waals surface area contributed by atoms with E-state index in [-0.39, 0.29) is 18.1 Å². The number of nitrogens with zero attached hydrogens (tertiary/aromatic N) is 2. The van der Waals surface area contributed by atoms with Gasteiger partial charge in [0.2, 0.25) is 5.91 Å². The van der Waals surface area contributed by atoms with Gasteiger partial charge in [-0.15, -0.1) is 11.3 Å². The van der Waals surface area contributed by atoms with Crippen LogP contribution in [0.15, 0.2) is 60.0 Å². The second kappa shape index (κ2) is 7.54. The van der Waals surface area contributed by atoms with Crippen LogP contribution in [0.25, 0.3) is 11.3 Å². The van der Waals surface area contributed by atoms with Gasteiger partial charge < -0.3 is 10.6 Å². The molecular weight excluding hydrogens is 340 g/mol. The highest BCUT2D eigenvalue weighted by Gasteiger charge is 2.10. The van der Waals surface area contributed by atoms with Crippen molar-refractivity contribution in [2.45, 2.75) is 0 Å². The highest BCUT2D eigenvalue weighted by atomic mass is 32.1. The molecule has 0 saturated carbocycles. The molecule has 0 saturated heterocycles. The molecule has 0 aliphatic heterocycles. The number of non-ortho nitro benzene ring substituents is 1. The number of para-hydroxylation sites is 1. The summed E-state index contributed by atoms with van der Waals surface area (Å²) >= 11 is 1.33. The zero-order valence-corrected chi connectivity index (χ0v) is 13.8. The Kier molecular flexibility index (Phi) is 5.00. The molecule has 1 amide bonds. The monoisotopic (exact) mass is 354 g/mol. The lowest BCUT2D eigenvalue weighted by molar-refractivity contribution is -0.384. The minimum absolute atomic E-state index is 0.0160. The van der Waals surface area contributed by atoms with Crippen molar-refractivity contribution in [3.05, 3.63) is 70.1 Å². The number of nitrogens with one attached hydrogen (secondary N) is 2. The zero-order valence-electron chi connectivity index (χ0n) is 13.0. The van der Waals surface area contributed by atoms with Crippen LogP contribution in [0.1, 0.15) is 0 Å². The molecule has 1 heterocycles. The van der Waals surface area contributed by atoms with Gasteiger partial charge in [0.05, 0.1) is 17.2 Å². The van der Waals surface area contributed by atoms with Gasteiger partial charge in [-0.25, -0.2) is 4.98 Å². The van der Waals surface area contributed by atoms with Gasteiger partial charge in [-0.05, 0) is 12.1 Å². The van der Waals surface area contributed by atoms with Crippen molar-refractivity contribution in [1.29, 1.82) is 0 Å². The van der Waals surface area contributed by atoms with Gasteiger partial charge >= 0.3 is 0 Å². The second-order valence-corrected chi connectivity index (χ2v) is 5.97. The molecule has 8 heteroatoms. The molecule has 3 aromatic rings. The summed E-state index contributed by atoms with van der Waals surface area (Å²) in [7, 11) is 0. The van der Waals surface area contributed by atoms with E-state index >= 15 is 0 Å². The fraction of sp³-hybridized carbons (Fsp3) is 0.0588. The van der Waals surface area contributed by atoms with Crippen molar-refractivity contribution in [2.24, 2.45) is 0 Å². The molecule has 1 aromatic heterocycles. The number of carbonyl (C=O) groups excluding carboxylic acids is 1. The van der Waals surface area contributed by atoms with E-state index < -0.39 is 4.92 Å². The summed E-state index contributed by atoms with van der Waals surface area (Å²) in [5.41, 5.74) is 2.03. The van der Waals surface area contributed by atoms with Crippen LogP contribution in [0.5, 0.6) is 0 Å². The first-order valence-corrected chi connectivity index (χ1v) is 8.29. The van der Waals surface area contributed by atoms with Crippen molar-refractivity contribution >= 4 is 33.8 Å². The lowest BCUT2D eigenvalue weighted by atomic mass is 10.1. The van der Waals surface area contributed by atoms with Gasteiger partial charge in [-0.1, -0.05) is 30.3 Å². The molecule has 7 nitrogen and oxygen atoms in total. The molecule has 126 valence electrons. The van der Waals surface area contributed by atoms with E-state index in [4.69, 9.17) is 0 Å². The average Bonchev–Trinajstić information content (AvgIpc) is 3.10. The topological polar surface area (TPSA) is 97.2 Å². The Morgan fingerprint density at radius 3 is 2.72 bits per heavy atom. The fourth-order valence-corrected chi connectivity index (χ4v) is 2.87. The number of nitro groups is 1. The summed E-state index contributed by atoms with van der Waals surface area (Å²) in [5.74, 6) is -0.182. The Hall–Kier alpha value is -3.26. The molecule has 0 aliphatic rings. The van der Waals surface area contributed by atoms with Crippen LogP contribution < -0.4 is 10.6 Å². The Morgan fingerprint density at radius 2 is 1.96 bits per heavy atom. The van der Waals surface area contributed by atoms with Gasteiger partial charge in [0.25, 0.3) is 5.69 Å². The molecule has 0 spiro atoms. The summed E-state index contributed by atoms with van der Waals surface area (Å²) in [6.45, 7) is 0.0801. The quantitative estimate of drug-likeness (QED) is 0.519. The van der Waals surface area contributed by atoms with Gasteiger partial charge in [-0.3, -0.25) is 14.9 Å². The van der Waals surface area contributed by atoms with Crippen LogP contribution in [-0.2, 0) is 4.79 Å². The van der Waals surface area contributed by atoms with Gasteiger partial charge in [0.15, 0.2) is 5.13 Å². The minimum Gasteiger partial charge on any atom is -0.352 e. The van der Waals surface area contributed by atoms with E-state index in [1.807, 2.05) is 30.3 Å². The maximum atomic E-state index is 11.9. The van der Waals surface area contributed by atoms with Gasteiger partial charge in [0, 0.05) is 28.8 Å². The van der Waals surface area contributed by atoms with Gasteiger partial charge in [0.1, 0.15) is 0 Å². The molecule has 0 aliphatic carbocycles. The van der Waals surface area contributed by atoms with Crippen molar-refractivity contribution in [3.63, 3.8) is 0 Å². The largest absolute Gasteiger partial charge is 0.352 e. The van der Waals surface area contributed by atoms with Crippen LogP contribution >= 0.6 is 11.3 Å². The number of anilines is 2. The van der Waals surface area contributed by atoms with Gasteiger partial charge in [-0.2, -0.15) is 0 Å². The SMILES string of the molecule is O=C(CNc1nc(-c2cccc([N+](=O)[O-])c2)cs1)Nc1ccccc1. The lowest BCUT2D eigenvalue weighted by Crippen LogP contribution is -2.21. The van der Waals surface area contributed by atoms with Crippen LogP contribution in [0.4, 0.5) is 16.5 Å². The number of nitro benzene ring substituents is 1. The number of hydrogen-bond acceptors (Lipinski definition) is 6. The van der Waals surface area contributed by atoms with Crippen LogP contribution in [0.3, 0.4) is 0 Å². The third kappa shape index (κ3) is 4.39. The zero-order chi connectivity index (χ0) is 17.6. The van der Waals surface area contributed by atoms with E-state index in [1.165, 1.54) is 23.5 Å². The van der Waals surface area contributed by atoms with Crippen molar-refractivity contribution in [1.82, 2.24) is 4.98 Å². The third-order valence-corrected chi connectivity index (χ3v) is 4.11. The first kappa shape index (κ1) is 16.6. The third-order valence-electron chi connectivity index (χ3n) is 3.31. The van der Waals surface area contributed by atoms with Crippen LogP contribution in [0, 0.1) is 10.1 Å². The molecule has 0 radical (unpaired) electrons. The number of benzene rings is 2. The Balaban J connectivity index is 1.61. The van der Waals surface area contributed by atoms with E-state index in [9.17, 15) is 14.9 Å². The lowest BCUT2D eigenvalue weighted by Gasteiger charge is -2.05. The highest BCUT2D eigenvalue weighted by Crippen LogP contribution is 2.27. The molecule has 2 N–H and O–H groups in total. The molecule has 0 unspecified atom stereocenters. The second-order valence-electron chi connectivity index (χ2n) is 5.11. The summed E-state index contributed by atoms with van der Waals surface area (Å²) in [4.78, 5) is 26.7. The summed E-state index contributed by atoms with van der Waals surface area (Å²) in [6, 6.07) is 15.5. The standard InChI is InChI=1S/C17H14N4O3S/c22-16(19-13-6-2-1-3-7-13)10-18-17-20-15(11-25-17)12-5-4-8-14(9-12)21(23)24/h1-9,11H,10H2,(H,18,20)(H,19,22). The minimum atomic E-state index is -0.442. The van der Waals surface area contributed by atoms with E-state index in [0.717, 1.165) is 5.69 Å². The predicted octanol–water partition coefficient (Wildman–Crippen LogP) is 3.77. The maximum Gasteiger partial charge on any atom is 0.270 e. The number of rotatable bonds is 6. The molecule has 0 atom stereocenters. The smallest absolute Gasteiger partial charge is 0.270 e. The fourth-order valence-electron chi connectivity index (χ4n) is 2.15. The molecule has 3 rings (SSSR count). The number of hydrogen-bond donors (Lipinski definition) is 2. The number of carbonyl (C=O) groups is 1. The first-order valence-electron chi connectivity index (χ1n) is 7.41. The number of amides is 1. The number of thiazole rings is 1. The summed E-state index contributed by atoms with van der Waals surface area (Å²) < 4.78 is 0. The van der Waals surface area contributed by atoms with E-state index in [1.54, 1.807) is 17.5 Å². The Morgan fingerprint density at radius 1 is 1.16 bits per heavy atom. The average molecular weight is 354 g/mol. The summed E-state index contributed by atoms with van der Waals surface area (Å²) in [5, 5.41) is 18.9. The Bertz CT molecular complexity index is 896.